The maximum Gasteiger partial charge on any atom is 0.252 e. The molecule has 1 N–H and O–H groups in total. The van der Waals surface area contributed by atoms with Gasteiger partial charge in [0.25, 0.3) is 11.5 Å². The Balaban J connectivity index is 2.03. The lowest BCUT2D eigenvalue weighted by Crippen LogP contribution is -2.32. The van der Waals surface area contributed by atoms with Crippen LogP contribution in [0, 0.1) is 0 Å². The van der Waals surface area contributed by atoms with Gasteiger partial charge in [0.1, 0.15) is 23.4 Å². The first kappa shape index (κ1) is 19.2. The number of ether oxygens (including phenoxy) is 2. The van der Waals surface area contributed by atoms with Crippen molar-refractivity contribution in [2.75, 3.05) is 14.2 Å². The van der Waals surface area contributed by atoms with Gasteiger partial charge in [-0.1, -0.05) is 0 Å². The van der Waals surface area contributed by atoms with Crippen LogP contribution in [0.5, 0.6) is 11.5 Å². The molecule has 3 rings (SSSR count). The molecule has 1 aromatic carbocycles. The number of amides is 1. The minimum Gasteiger partial charge on any atom is -0.497 e. The maximum absolute atomic E-state index is 12.8. The topological polar surface area (TPSA) is 87.4 Å². The largest absolute Gasteiger partial charge is 0.497 e. The number of aromatic nitrogens is 3. The van der Waals surface area contributed by atoms with Gasteiger partial charge in [-0.3, -0.25) is 9.59 Å². The molecule has 28 heavy (non-hydrogen) atoms. The molecule has 8 nitrogen and oxygen atoms in total. The standard InChI is InChI=1S/C20H22N4O4/c1-23-7-5-13(11-17(23)25)20(26)22-18(19-21-6-8-24(19)2)14-9-15(27-3)12-16(10-14)28-4/h5-12,18H,1-4H3,(H,22,26). The molecular formula is C20H22N4O4. The van der Waals surface area contributed by atoms with E-state index in [1.54, 1.807) is 52.0 Å². The van der Waals surface area contributed by atoms with Crippen LogP contribution in [0.15, 0.2) is 53.7 Å². The number of pyridine rings is 1. The maximum atomic E-state index is 12.8. The Morgan fingerprint density at radius 3 is 2.25 bits per heavy atom. The minimum absolute atomic E-state index is 0.260. The van der Waals surface area contributed by atoms with Crippen molar-refractivity contribution in [3.8, 4) is 11.5 Å². The van der Waals surface area contributed by atoms with Crippen LogP contribution in [0.4, 0.5) is 0 Å². The third-order valence-electron chi connectivity index (χ3n) is 4.47. The second kappa shape index (κ2) is 7.99. The number of hydrogen-bond acceptors (Lipinski definition) is 5. The highest BCUT2D eigenvalue weighted by Gasteiger charge is 2.23. The molecule has 0 aliphatic carbocycles. The fraction of sp³-hybridized carbons (Fsp3) is 0.250. The predicted octanol–water partition coefficient (Wildman–Crippen LogP) is 1.66. The van der Waals surface area contributed by atoms with Crippen molar-refractivity contribution >= 4 is 5.91 Å². The van der Waals surface area contributed by atoms with Crippen molar-refractivity contribution in [3.05, 3.63) is 76.2 Å². The molecule has 1 atom stereocenters. The number of aryl methyl sites for hydroxylation is 2. The van der Waals surface area contributed by atoms with Gasteiger partial charge >= 0.3 is 0 Å². The van der Waals surface area contributed by atoms with E-state index in [0.717, 1.165) is 5.56 Å². The second-order valence-electron chi connectivity index (χ2n) is 6.31. The molecular weight excluding hydrogens is 360 g/mol. The molecule has 2 heterocycles. The number of imidazole rings is 1. The summed E-state index contributed by atoms with van der Waals surface area (Å²) in [6.07, 6.45) is 5.01. The van der Waals surface area contributed by atoms with Crippen molar-refractivity contribution in [2.24, 2.45) is 14.1 Å². The molecule has 2 aromatic heterocycles. The van der Waals surface area contributed by atoms with E-state index in [9.17, 15) is 9.59 Å². The van der Waals surface area contributed by atoms with Gasteiger partial charge in [0, 0.05) is 50.4 Å². The van der Waals surface area contributed by atoms with Gasteiger partial charge in [0.15, 0.2) is 0 Å². The minimum atomic E-state index is -0.569. The highest BCUT2D eigenvalue weighted by Crippen LogP contribution is 2.29. The number of carbonyl (C=O) groups excluding carboxylic acids is 1. The Kier molecular flexibility index (Phi) is 5.49. The van der Waals surface area contributed by atoms with E-state index in [1.807, 2.05) is 23.7 Å². The lowest BCUT2D eigenvalue weighted by Gasteiger charge is -2.20. The van der Waals surface area contributed by atoms with E-state index in [2.05, 4.69) is 10.3 Å². The molecule has 0 aliphatic rings. The number of rotatable bonds is 6. The SMILES string of the molecule is COc1cc(OC)cc(C(NC(=O)c2ccn(C)c(=O)c2)c2nccn2C)c1. The van der Waals surface area contributed by atoms with Gasteiger partial charge in [0.2, 0.25) is 0 Å². The normalized spacial score (nSPS) is 11.7. The van der Waals surface area contributed by atoms with E-state index in [1.165, 1.54) is 10.6 Å². The first-order chi connectivity index (χ1) is 13.4. The number of nitrogens with one attached hydrogen (secondary N) is 1. The molecule has 146 valence electrons. The monoisotopic (exact) mass is 382 g/mol. The summed E-state index contributed by atoms with van der Waals surface area (Å²) in [6, 6.07) is 7.70. The third kappa shape index (κ3) is 3.90. The van der Waals surface area contributed by atoms with Gasteiger partial charge < -0.3 is 23.9 Å². The number of hydrogen-bond donors (Lipinski definition) is 1. The Labute approximate surface area is 162 Å². The fourth-order valence-electron chi connectivity index (χ4n) is 2.85. The lowest BCUT2D eigenvalue weighted by molar-refractivity contribution is 0.0940. The van der Waals surface area contributed by atoms with Gasteiger partial charge in [-0.2, -0.15) is 0 Å². The van der Waals surface area contributed by atoms with Crippen LogP contribution in [-0.2, 0) is 14.1 Å². The van der Waals surface area contributed by atoms with Crippen LogP contribution >= 0.6 is 0 Å². The van der Waals surface area contributed by atoms with Crippen LogP contribution < -0.4 is 20.3 Å². The zero-order valence-corrected chi connectivity index (χ0v) is 16.2. The van der Waals surface area contributed by atoms with Crippen LogP contribution in [0.25, 0.3) is 0 Å². The summed E-state index contributed by atoms with van der Waals surface area (Å²) in [4.78, 5) is 29.1. The van der Waals surface area contributed by atoms with Crippen molar-refractivity contribution in [1.29, 1.82) is 0 Å². The van der Waals surface area contributed by atoms with Crippen molar-refractivity contribution in [3.63, 3.8) is 0 Å². The Bertz CT molecular complexity index is 1030. The third-order valence-corrected chi connectivity index (χ3v) is 4.47. The van der Waals surface area contributed by atoms with Crippen molar-refractivity contribution in [1.82, 2.24) is 19.4 Å². The highest BCUT2D eigenvalue weighted by molar-refractivity contribution is 5.94. The average molecular weight is 382 g/mol. The Hall–Kier alpha value is -3.55. The van der Waals surface area contributed by atoms with Crippen LogP contribution in [0.1, 0.15) is 27.8 Å². The number of nitrogens with zero attached hydrogens (tertiary/aromatic N) is 3. The van der Waals surface area contributed by atoms with E-state index in [-0.39, 0.29) is 17.0 Å². The molecule has 3 aromatic rings. The molecule has 0 saturated carbocycles. The molecule has 1 amide bonds. The molecule has 0 radical (unpaired) electrons. The van der Waals surface area contributed by atoms with E-state index in [0.29, 0.717) is 17.3 Å². The number of carbonyl (C=O) groups is 1. The molecule has 0 bridgehead atoms. The van der Waals surface area contributed by atoms with Crippen molar-refractivity contribution < 1.29 is 14.3 Å². The summed E-state index contributed by atoms with van der Waals surface area (Å²) in [5.41, 5.74) is 0.754. The number of benzene rings is 1. The molecule has 0 saturated heterocycles. The van der Waals surface area contributed by atoms with E-state index >= 15 is 0 Å². The predicted molar refractivity (Wildman–Crippen MR) is 104 cm³/mol. The molecule has 8 heteroatoms. The van der Waals surface area contributed by atoms with E-state index in [4.69, 9.17) is 9.47 Å². The molecule has 1 unspecified atom stereocenters. The van der Waals surface area contributed by atoms with Crippen molar-refractivity contribution in [2.45, 2.75) is 6.04 Å². The smallest absolute Gasteiger partial charge is 0.252 e. The summed E-state index contributed by atoms with van der Waals surface area (Å²) < 4.78 is 13.9. The molecule has 0 aliphatic heterocycles. The molecule has 0 fully saturated rings. The number of methoxy groups -OCH3 is 2. The first-order valence-electron chi connectivity index (χ1n) is 8.60. The quantitative estimate of drug-likeness (QED) is 0.701. The fourth-order valence-corrected chi connectivity index (χ4v) is 2.85. The van der Waals surface area contributed by atoms with Crippen LogP contribution in [-0.4, -0.2) is 34.2 Å². The zero-order chi connectivity index (χ0) is 20.3. The summed E-state index contributed by atoms with van der Waals surface area (Å²) >= 11 is 0. The second-order valence-corrected chi connectivity index (χ2v) is 6.31. The van der Waals surface area contributed by atoms with Crippen LogP contribution in [0.3, 0.4) is 0 Å². The highest BCUT2D eigenvalue weighted by atomic mass is 16.5. The van der Waals surface area contributed by atoms with Crippen LogP contribution in [0.2, 0.25) is 0 Å². The summed E-state index contributed by atoms with van der Waals surface area (Å²) in [6.45, 7) is 0. The summed E-state index contributed by atoms with van der Waals surface area (Å²) in [7, 11) is 6.60. The van der Waals surface area contributed by atoms with Gasteiger partial charge in [-0.25, -0.2) is 4.98 Å². The Morgan fingerprint density at radius 2 is 1.71 bits per heavy atom. The zero-order valence-electron chi connectivity index (χ0n) is 16.2. The first-order valence-corrected chi connectivity index (χ1v) is 8.60. The Morgan fingerprint density at radius 1 is 1.04 bits per heavy atom. The lowest BCUT2D eigenvalue weighted by atomic mass is 10.0. The average Bonchev–Trinajstić information content (AvgIpc) is 3.13. The van der Waals surface area contributed by atoms with Gasteiger partial charge in [0.05, 0.1) is 14.2 Å². The van der Waals surface area contributed by atoms with Gasteiger partial charge in [-0.05, 0) is 23.8 Å². The summed E-state index contributed by atoms with van der Waals surface area (Å²) in [5, 5.41) is 2.96. The molecule has 0 spiro atoms. The van der Waals surface area contributed by atoms with E-state index < -0.39 is 6.04 Å². The van der Waals surface area contributed by atoms with Gasteiger partial charge in [-0.15, -0.1) is 0 Å². The summed E-state index contributed by atoms with van der Waals surface area (Å²) in [5.74, 6) is 1.44.